The first-order chi connectivity index (χ1) is 16.0. The van der Waals surface area contributed by atoms with Crippen molar-refractivity contribution < 1.29 is 9.53 Å². The SMILES string of the molecule is Cc1cccc(C(=O)NCc2nc3ccccc3n2CCCCOc2cccc(C)c2C)c1. The molecule has 0 radical (unpaired) electrons. The Morgan fingerprint density at radius 1 is 0.970 bits per heavy atom. The van der Waals surface area contributed by atoms with Crippen LogP contribution in [0.4, 0.5) is 0 Å². The lowest BCUT2D eigenvalue weighted by molar-refractivity contribution is 0.0949. The van der Waals surface area contributed by atoms with E-state index in [2.05, 4.69) is 35.9 Å². The molecule has 1 heterocycles. The van der Waals surface area contributed by atoms with Crippen molar-refractivity contribution in [3.8, 4) is 5.75 Å². The molecule has 0 unspecified atom stereocenters. The van der Waals surface area contributed by atoms with E-state index >= 15 is 0 Å². The second kappa shape index (κ2) is 10.3. The van der Waals surface area contributed by atoms with Crippen LogP contribution in [0.3, 0.4) is 0 Å². The van der Waals surface area contributed by atoms with Gasteiger partial charge in [0.15, 0.2) is 0 Å². The van der Waals surface area contributed by atoms with Crippen LogP contribution >= 0.6 is 0 Å². The number of aromatic nitrogens is 2. The van der Waals surface area contributed by atoms with Gasteiger partial charge in [-0.1, -0.05) is 42.0 Å². The third kappa shape index (κ3) is 5.43. The van der Waals surface area contributed by atoms with Gasteiger partial charge < -0.3 is 14.6 Å². The number of hydrogen-bond acceptors (Lipinski definition) is 3. The lowest BCUT2D eigenvalue weighted by atomic mass is 10.1. The van der Waals surface area contributed by atoms with Gasteiger partial charge in [-0.05, 0) is 75.1 Å². The number of fused-ring (bicyclic) bond motifs is 1. The number of benzene rings is 3. The molecule has 1 amide bonds. The van der Waals surface area contributed by atoms with Gasteiger partial charge in [0.2, 0.25) is 0 Å². The molecule has 170 valence electrons. The highest BCUT2D eigenvalue weighted by molar-refractivity contribution is 5.94. The monoisotopic (exact) mass is 441 g/mol. The Balaban J connectivity index is 1.38. The highest BCUT2D eigenvalue weighted by Gasteiger charge is 2.12. The Bertz CT molecular complexity index is 1260. The molecule has 0 aliphatic rings. The van der Waals surface area contributed by atoms with Crippen molar-refractivity contribution in [3.63, 3.8) is 0 Å². The van der Waals surface area contributed by atoms with Gasteiger partial charge in [0, 0.05) is 12.1 Å². The third-order valence-electron chi connectivity index (χ3n) is 6.01. The summed E-state index contributed by atoms with van der Waals surface area (Å²) in [5.41, 5.74) is 6.22. The molecule has 33 heavy (non-hydrogen) atoms. The fourth-order valence-corrected chi connectivity index (χ4v) is 3.99. The van der Waals surface area contributed by atoms with Crippen LogP contribution in [-0.2, 0) is 13.1 Å². The van der Waals surface area contributed by atoms with E-state index in [0.717, 1.165) is 47.6 Å². The van der Waals surface area contributed by atoms with Crippen LogP contribution in [-0.4, -0.2) is 22.1 Å². The lowest BCUT2D eigenvalue weighted by Gasteiger charge is -2.12. The third-order valence-corrected chi connectivity index (χ3v) is 6.01. The molecule has 0 aliphatic carbocycles. The summed E-state index contributed by atoms with van der Waals surface area (Å²) in [6, 6.07) is 21.9. The van der Waals surface area contributed by atoms with Crippen LogP contribution < -0.4 is 10.1 Å². The molecule has 5 nitrogen and oxygen atoms in total. The van der Waals surface area contributed by atoms with Crippen LogP contribution in [0.25, 0.3) is 11.0 Å². The van der Waals surface area contributed by atoms with Crippen LogP contribution in [0.15, 0.2) is 66.7 Å². The summed E-state index contributed by atoms with van der Waals surface area (Å²) in [6.45, 7) is 8.08. The van der Waals surface area contributed by atoms with Crippen LogP contribution in [0.2, 0.25) is 0 Å². The lowest BCUT2D eigenvalue weighted by Crippen LogP contribution is -2.25. The van der Waals surface area contributed by atoms with Crippen LogP contribution in [0.5, 0.6) is 5.75 Å². The first kappa shape index (κ1) is 22.6. The quantitative estimate of drug-likeness (QED) is 0.337. The number of rotatable bonds is 9. The molecule has 4 rings (SSSR count). The molecule has 4 aromatic rings. The average molecular weight is 442 g/mol. The predicted molar refractivity (Wildman–Crippen MR) is 133 cm³/mol. The molecular formula is C28H31N3O2. The number of nitrogens with zero attached hydrogens (tertiary/aromatic N) is 2. The number of ether oxygens (including phenoxy) is 1. The van der Waals surface area contributed by atoms with E-state index in [4.69, 9.17) is 9.72 Å². The molecule has 0 atom stereocenters. The summed E-state index contributed by atoms with van der Waals surface area (Å²) in [6.07, 6.45) is 1.90. The van der Waals surface area contributed by atoms with Gasteiger partial charge in [-0.2, -0.15) is 0 Å². The first-order valence-electron chi connectivity index (χ1n) is 11.5. The molecule has 0 spiro atoms. The second-order valence-corrected chi connectivity index (χ2v) is 8.47. The molecule has 1 aromatic heterocycles. The van der Waals surface area contributed by atoms with Crippen LogP contribution in [0, 0.1) is 20.8 Å². The maximum absolute atomic E-state index is 12.6. The summed E-state index contributed by atoms with van der Waals surface area (Å²) < 4.78 is 8.22. The minimum Gasteiger partial charge on any atom is -0.493 e. The Morgan fingerprint density at radius 3 is 2.64 bits per heavy atom. The number of carbonyl (C=O) groups is 1. The number of hydrogen-bond donors (Lipinski definition) is 1. The van der Waals surface area contributed by atoms with Crippen molar-refractivity contribution in [1.29, 1.82) is 0 Å². The molecule has 0 bridgehead atoms. The number of nitrogens with one attached hydrogen (secondary N) is 1. The highest BCUT2D eigenvalue weighted by Crippen LogP contribution is 2.21. The number of unbranched alkanes of at least 4 members (excludes halogenated alkanes) is 1. The molecule has 0 fully saturated rings. The van der Waals surface area contributed by atoms with E-state index in [0.29, 0.717) is 18.7 Å². The predicted octanol–water partition coefficient (Wildman–Crippen LogP) is 5.75. The van der Waals surface area contributed by atoms with Crippen molar-refractivity contribution in [2.75, 3.05) is 6.61 Å². The molecular weight excluding hydrogens is 410 g/mol. The minimum absolute atomic E-state index is 0.0840. The molecule has 1 N–H and O–H groups in total. The first-order valence-corrected chi connectivity index (χ1v) is 11.5. The maximum atomic E-state index is 12.6. The van der Waals surface area contributed by atoms with Gasteiger partial charge in [0.1, 0.15) is 11.6 Å². The van der Waals surface area contributed by atoms with Crippen molar-refractivity contribution >= 4 is 16.9 Å². The van der Waals surface area contributed by atoms with Gasteiger partial charge in [0.05, 0.1) is 24.2 Å². The van der Waals surface area contributed by atoms with E-state index < -0.39 is 0 Å². The van der Waals surface area contributed by atoms with Gasteiger partial charge in [0.25, 0.3) is 5.91 Å². The molecule has 3 aromatic carbocycles. The van der Waals surface area contributed by atoms with E-state index in [-0.39, 0.29) is 5.91 Å². The van der Waals surface area contributed by atoms with E-state index in [1.165, 1.54) is 11.1 Å². The fraction of sp³-hybridized carbons (Fsp3) is 0.286. The zero-order valence-corrected chi connectivity index (χ0v) is 19.6. The van der Waals surface area contributed by atoms with E-state index in [1.54, 1.807) is 0 Å². The minimum atomic E-state index is -0.0840. The topological polar surface area (TPSA) is 56.2 Å². The fourth-order valence-electron chi connectivity index (χ4n) is 3.99. The Labute approximate surface area is 195 Å². The standard InChI is InChI=1S/C28H31N3O2/c1-20-10-8-12-23(18-20)28(32)29-19-27-30-24-13-4-5-14-25(24)31(27)16-6-7-17-33-26-15-9-11-21(2)22(26)3/h4-5,8-15,18H,6-7,16-17,19H2,1-3H3,(H,29,32). The normalized spacial score (nSPS) is 11.0. The number of aryl methyl sites for hydroxylation is 3. The summed E-state index contributed by atoms with van der Waals surface area (Å²) in [5, 5.41) is 3.03. The highest BCUT2D eigenvalue weighted by atomic mass is 16.5. The zero-order chi connectivity index (χ0) is 23.2. The summed E-state index contributed by atoms with van der Waals surface area (Å²) in [4.78, 5) is 17.4. The van der Waals surface area contributed by atoms with Gasteiger partial charge in [-0.25, -0.2) is 4.98 Å². The average Bonchev–Trinajstić information content (AvgIpc) is 3.17. The van der Waals surface area contributed by atoms with Crippen LogP contribution in [0.1, 0.15) is 45.7 Å². The summed E-state index contributed by atoms with van der Waals surface area (Å²) >= 11 is 0. The Hall–Kier alpha value is -3.60. The largest absolute Gasteiger partial charge is 0.493 e. The van der Waals surface area contributed by atoms with Gasteiger partial charge in [-0.3, -0.25) is 4.79 Å². The summed E-state index contributed by atoms with van der Waals surface area (Å²) in [5.74, 6) is 1.74. The van der Waals surface area contributed by atoms with Gasteiger partial charge >= 0.3 is 0 Å². The van der Waals surface area contributed by atoms with Gasteiger partial charge in [-0.15, -0.1) is 0 Å². The Kier molecular flexibility index (Phi) is 7.08. The number of amides is 1. The Morgan fingerprint density at radius 2 is 1.79 bits per heavy atom. The van der Waals surface area contributed by atoms with E-state index in [1.807, 2.05) is 61.5 Å². The smallest absolute Gasteiger partial charge is 0.251 e. The number of carbonyl (C=O) groups excluding carboxylic acids is 1. The molecule has 0 aliphatic heterocycles. The van der Waals surface area contributed by atoms with Crippen molar-refractivity contribution in [2.45, 2.75) is 46.7 Å². The summed E-state index contributed by atoms with van der Waals surface area (Å²) in [7, 11) is 0. The molecule has 0 saturated heterocycles. The van der Waals surface area contributed by atoms with Crippen molar-refractivity contribution in [1.82, 2.24) is 14.9 Å². The van der Waals surface area contributed by atoms with E-state index in [9.17, 15) is 4.79 Å². The maximum Gasteiger partial charge on any atom is 0.251 e. The number of para-hydroxylation sites is 2. The van der Waals surface area contributed by atoms with Crippen molar-refractivity contribution in [3.05, 3.63) is 94.8 Å². The zero-order valence-electron chi connectivity index (χ0n) is 19.6. The molecule has 5 heteroatoms. The van der Waals surface area contributed by atoms with Crippen molar-refractivity contribution in [2.24, 2.45) is 0 Å². The molecule has 0 saturated carbocycles. The second-order valence-electron chi connectivity index (χ2n) is 8.47. The number of imidazole rings is 1.